The number of hydrogen-bond donors (Lipinski definition) is 0. The Morgan fingerprint density at radius 3 is 1.59 bits per heavy atom. The van der Waals surface area contributed by atoms with Gasteiger partial charge in [0, 0.05) is 18.1 Å². The summed E-state index contributed by atoms with van der Waals surface area (Å²) in [5, 5.41) is 2.25. The van der Waals surface area contributed by atoms with Crippen LogP contribution in [0.3, 0.4) is 0 Å². The molecule has 3 nitrogen and oxygen atoms in total. The fourth-order valence-electron chi connectivity index (χ4n) is 3.97. The van der Waals surface area contributed by atoms with Crippen molar-refractivity contribution in [1.29, 1.82) is 0 Å². The average molecular weight is 621 g/mol. The molecule has 3 aromatic heterocycles. The number of pyridine rings is 2. The summed E-state index contributed by atoms with van der Waals surface area (Å²) < 4.78 is 2.26. The summed E-state index contributed by atoms with van der Waals surface area (Å²) >= 11 is 0. The van der Waals surface area contributed by atoms with Gasteiger partial charge in [-0.15, -0.1) is 24.3 Å². The van der Waals surface area contributed by atoms with Crippen molar-refractivity contribution >= 4 is 21.8 Å². The molecule has 4 heteroatoms. The maximum Gasteiger partial charge on any atom is 2.00 e. The number of aryl methyl sites for hydroxylation is 2. The van der Waals surface area contributed by atoms with Gasteiger partial charge in [-0.3, -0.25) is 9.97 Å². The first-order valence-electron chi connectivity index (χ1n) is 10.9. The number of fused-ring (bicyclic) bond motifs is 3. The number of para-hydroxylation sites is 1. The van der Waals surface area contributed by atoms with E-state index in [1.807, 2.05) is 67.0 Å². The minimum Gasteiger partial charge on any atom is -0.409 e. The van der Waals surface area contributed by atoms with Crippen LogP contribution in [0.15, 0.2) is 103 Å². The Kier molecular flexibility index (Phi) is 7.35. The van der Waals surface area contributed by atoms with Crippen molar-refractivity contribution in [1.82, 2.24) is 14.5 Å². The minimum absolute atomic E-state index is 0. The first-order chi connectivity index (χ1) is 16.2. The molecule has 0 spiro atoms. The van der Waals surface area contributed by atoms with Crippen LogP contribution in [0.4, 0.5) is 0 Å². The Morgan fingerprint density at radius 2 is 1.12 bits per heavy atom. The molecule has 0 saturated carbocycles. The van der Waals surface area contributed by atoms with Gasteiger partial charge in [-0.2, -0.15) is 24.3 Å². The maximum absolute atomic E-state index is 4.29. The number of hydrogen-bond acceptors (Lipinski definition) is 2. The molecule has 0 fully saturated rings. The van der Waals surface area contributed by atoms with E-state index in [1.165, 1.54) is 27.8 Å². The van der Waals surface area contributed by atoms with Crippen molar-refractivity contribution < 1.29 is 21.1 Å². The standard InChI is InChI=1S/C18H11N.C12H12N2.Pt/c1-2-8-14(9-3-1)19-17-12-6-4-10-15(17)16-11-5-7-13-18(16)19;1-9-3-5-13-11(7-9)12-8-10(2)4-6-14-12;/h1-9,12-13H;3-8H,1-2H3;/q-2;;+2. The Balaban J connectivity index is 0.000000164. The molecular formula is C30H23N3Pt. The van der Waals surface area contributed by atoms with Crippen LogP contribution in [0.25, 0.3) is 38.9 Å². The van der Waals surface area contributed by atoms with Crippen molar-refractivity contribution in [2.24, 2.45) is 0 Å². The maximum atomic E-state index is 4.29. The molecule has 0 unspecified atom stereocenters. The van der Waals surface area contributed by atoms with Gasteiger partial charge in [0.15, 0.2) is 0 Å². The van der Waals surface area contributed by atoms with Crippen LogP contribution in [0, 0.1) is 26.0 Å². The van der Waals surface area contributed by atoms with Crippen molar-refractivity contribution in [3.8, 4) is 17.1 Å². The minimum atomic E-state index is 0. The Morgan fingerprint density at radius 1 is 0.618 bits per heavy atom. The number of nitrogens with zero attached hydrogens (tertiary/aromatic N) is 3. The fourth-order valence-corrected chi connectivity index (χ4v) is 3.97. The third kappa shape index (κ3) is 4.85. The summed E-state index contributed by atoms with van der Waals surface area (Å²) in [4.78, 5) is 8.58. The van der Waals surface area contributed by atoms with Gasteiger partial charge in [0.1, 0.15) is 0 Å². The van der Waals surface area contributed by atoms with E-state index in [2.05, 4.69) is 76.9 Å². The topological polar surface area (TPSA) is 30.7 Å². The molecule has 0 aliphatic rings. The van der Waals surface area contributed by atoms with Crippen molar-refractivity contribution in [3.05, 3.63) is 127 Å². The van der Waals surface area contributed by atoms with E-state index in [0.717, 1.165) is 22.2 Å². The van der Waals surface area contributed by atoms with E-state index in [0.29, 0.717) is 0 Å². The first kappa shape index (κ1) is 23.6. The van der Waals surface area contributed by atoms with E-state index in [4.69, 9.17) is 0 Å². The summed E-state index contributed by atoms with van der Waals surface area (Å²) in [5.41, 5.74) is 7.80. The zero-order valence-corrected chi connectivity index (χ0v) is 21.2. The second-order valence-electron chi connectivity index (χ2n) is 7.97. The SMILES string of the molecule is Cc1ccnc(-c2cc(C)ccn2)c1.[Pt+2].[c-]1cccc2c1c1[c-]cccc1n2-c1ccccc1. The summed E-state index contributed by atoms with van der Waals surface area (Å²) in [6.07, 6.45) is 3.63. The molecule has 0 aliphatic heterocycles. The van der Waals surface area contributed by atoms with E-state index in [1.54, 1.807) is 0 Å². The van der Waals surface area contributed by atoms with Gasteiger partial charge in [-0.25, -0.2) is 10.8 Å². The predicted octanol–water partition coefficient (Wildman–Crippen LogP) is 7.14. The molecule has 168 valence electrons. The second-order valence-corrected chi connectivity index (χ2v) is 7.97. The van der Waals surface area contributed by atoms with Crippen LogP contribution in [0.2, 0.25) is 0 Å². The molecule has 0 aliphatic carbocycles. The molecule has 0 radical (unpaired) electrons. The van der Waals surface area contributed by atoms with Crippen LogP contribution in [0.1, 0.15) is 11.1 Å². The summed E-state index contributed by atoms with van der Waals surface area (Å²) in [6.45, 7) is 4.11. The molecule has 0 saturated heterocycles. The monoisotopic (exact) mass is 620 g/mol. The predicted molar refractivity (Wildman–Crippen MR) is 135 cm³/mol. The smallest absolute Gasteiger partial charge is 0.409 e. The van der Waals surface area contributed by atoms with Crippen molar-refractivity contribution in [3.63, 3.8) is 0 Å². The van der Waals surface area contributed by atoms with Crippen molar-refractivity contribution in [2.45, 2.75) is 13.8 Å². The normalized spacial score (nSPS) is 10.4. The largest absolute Gasteiger partial charge is 2.00 e. The van der Waals surface area contributed by atoms with Gasteiger partial charge in [0.25, 0.3) is 0 Å². The number of rotatable bonds is 2. The molecule has 6 aromatic rings. The van der Waals surface area contributed by atoms with Crippen LogP contribution < -0.4 is 0 Å². The Hall–Kier alpha value is -3.55. The summed E-state index contributed by atoms with van der Waals surface area (Å²) in [7, 11) is 0. The zero-order chi connectivity index (χ0) is 22.6. The molecule has 0 atom stereocenters. The molecular weight excluding hydrogens is 597 g/mol. The quantitative estimate of drug-likeness (QED) is 0.193. The number of aromatic nitrogens is 3. The van der Waals surface area contributed by atoms with Crippen molar-refractivity contribution in [2.75, 3.05) is 0 Å². The fraction of sp³-hybridized carbons (Fsp3) is 0.0667. The third-order valence-electron chi connectivity index (χ3n) is 5.51. The second kappa shape index (κ2) is 10.6. The van der Waals surface area contributed by atoms with Gasteiger partial charge in [0.2, 0.25) is 0 Å². The summed E-state index contributed by atoms with van der Waals surface area (Å²) in [6, 6.07) is 37.4. The molecule has 3 heterocycles. The Bertz CT molecular complexity index is 1440. The molecule has 6 rings (SSSR count). The van der Waals surface area contributed by atoms with Gasteiger partial charge < -0.3 is 4.57 Å². The van der Waals surface area contributed by atoms with Gasteiger partial charge in [-0.1, -0.05) is 29.2 Å². The molecule has 3 aromatic carbocycles. The van der Waals surface area contributed by atoms with Crippen LogP contribution >= 0.6 is 0 Å². The van der Waals surface area contributed by atoms with E-state index in [-0.39, 0.29) is 21.1 Å². The van der Waals surface area contributed by atoms with Gasteiger partial charge >= 0.3 is 21.1 Å². The van der Waals surface area contributed by atoms with Crippen LogP contribution in [-0.4, -0.2) is 14.5 Å². The number of benzene rings is 3. The zero-order valence-electron chi connectivity index (χ0n) is 19.0. The molecule has 0 N–H and O–H groups in total. The molecule has 34 heavy (non-hydrogen) atoms. The van der Waals surface area contributed by atoms with Crippen LogP contribution in [-0.2, 0) is 21.1 Å². The summed E-state index contributed by atoms with van der Waals surface area (Å²) in [5.74, 6) is 0. The van der Waals surface area contributed by atoms with E-state index < -0.39 is 0 Å². The Labute approximate surface area is 214 Å². The van der Waals surface area contributed by atoms with Gasteiger partial charge in [-0.05, 0) is 61.4 Å². The van der Waals surface area contributed by atoms with Crippen LogP contribution in [0.5, 0.6) is 0 Å². The average Bonchev–Trinajstić information content (AvgIpc) is 3.20. The first-order valence-corrected chi connectivity index (χ1v) is 10.9. The third-order valence-corrected chi connectivity index (χ3v) is 5.51. The molecule has 0 amide bonds. The van der Waals surface area contributed by atoms with E-state index in [9.17, 15) is 0 Å². The molecule has 0 bridgehead atoms. The van der Waals surface area contributed by atoms with Gasteiger partial charge in [0.05, 0.1) is 11.4 Å². The van der Waals surface area contributed by atoms with E-state index >= 15 is 0 Å².